The number of ether oxygens (including phenoxy) is 1. The molecule has 0 saturated carbocycles. The fourth-order valence-corrected chi connectivity index (χ4v) is 2.48. The fraction of sp³-hybridized carbons (Fsp3) is 0.158. The Morgan fingerprint density at radius 2 is 2.00 bits per heavy atom. The summed E-state index contributed by atoms with van der Waals surface area (Å²) in [6, 6.07) is 13.4. The van der Waals surface area contributed by atoms with Crippen molar-refractivity contribution in [2.24, 2.45) is 0 Å². The van der Waals surface area contributed by atoms with Crippen LogP contribution < -0.4 is 10.1 Å². The lowest BCUT2D eigenvalue weighted by molar-refractivity contribution is -0.386. The van der Waals surface area contributed by atoms with Gasteiger partial charge in [0.05, 0.1) is 4.92 Å². The number of nitrogens with one attached hydrogen (secondary N) is 1. The maximum absolute atomic E-state index is 12.4. The first-order chi connectivity index (χ1) is 12.9. The number of nitro groups is 1. The van der Waals surface area contributed by atoms with Gasteiger partial charge >= 0.3 is 5.69 Å². The van der Waals surface area contributed by atoms with E-state index in [4.69, 9.17) is 4.74 Å². The second-order valence-corrected chi connectivity index (χ2v) is 6.01. The van der Waals surface area contributed by atoms with E-state index < -0.39 is 4.92 Å². The molecule has 138 valence electrons. The fourth-order valence-electron chi connectivity index (χ4n) is 2.48. The molecule has 0 unspecified atom stereocenters. The van der Waals surface area contributed by atoms with Crippen molar-refractivity contribution in [2.75, 3.05) is 5.32 Å². The minimum atomic E-state index is -0.512. The Kier molecular flexibility index (Phi) is 5.16. The first-order valence-corrected chi connectivity index (χ1v) is 8.22. The summed E-state index contributed by atoms with van der Waals surface area (Å²) in [5.74, 6) is -0.201. The van der Waals surface area contributed by atoms with Crippen LogP contribution in [-0.2, 0) is 6.73 Å². The van der Waals surface area contributed by atoms with Crippen molar-refractivity contribution >= 4 is 17.3 Å². The molecule has 3 rings (SSSR count). The number of rotatable bonds is 6. The van der Waals surface area contributed by atoms with Crippen LogP contribution >= 0.6 is 0 Å². The van der Waals surface area contributed by atoms with E-state index in [-0.39, 0.29) is 29.8 Å². The van der Waals surface area contributed by atoms with Crippen LogP contribution in [0.5, 0.6) is 5.75 Å². The molecule has 0 fully saturated rings. The lowest BCUT2D eigenvalue weighted by Gasteiger charge is -2.08. The molecule has 0 aliphatic rings. The minimum absolute atomic E-state index is 0.0540. The molecule has 1 N–H and O–H groups in total. The summed E-state index contributed by atoms with van der Waals surface area (Å²) in [6.45, 7) is 3.81. The molecule has 8 heteroatoms. The molecule has 3 aromatic rings. The number of para-hydroxylation sites is 2. The Labute approximate surface area is 155 Å². The SMILES string of the molecule is Cc1ccc(C)c(NC(=O)c2ccn(COc3ccccc3[N+](=O)[O-])n2)c1. The highest BCUT2D eigenvalue weighted by Crippen LogP contribution is 2.26. The van der Waals surface area contributed by atoms with Crippen molar-refractivity contribution in [1.29, 1.82) is 0 Å². The van der Waals surface area contributed by atoms with Gasteiger partial charge in [-0.05, 0) is 43.2 Å². The van der Waals surface area contributed by atoms with Gasteiger partial charge in [-0.15, -0.1) is 0 Å². The molecule has 0 aliphatic heterocycles. The molecule has 1 aromatic heterocycles. The van der Waals surface area contributed by atoms with Crippen molar-refractivity contribution in [2.45, 2.75) is 20.6 Å². The zero-order chi connectivity index (χ0) is 19.4. The maximum Gasteiger partial charge on any atom is 0.311 e. The average molecular weight is 366 g/mol. The average Bonchev–Trinajstić information content (AvgIpc) is 3.12. The molecule has 0 aliphatic carbocycles. The number of carbonyl (C=O) groups excluding carboxylic acids is 1. The number of aromatic nitrogens is 2. The summed E-state index contributed by atoms with van der Waals surface area (Å²) in [7, 11) is 0. The van der Waals surface area contributed by atoms with Crippen LogP contribution in [0.4, 0.5) is 11.4 Å². The number of hydrogen-bond donors (Lipinski definition) is 1. The number of amides is 1. The van der Waals surface area contributed by atoms with Gasteiger partial charge in [0.15, 0.2) is 18.2 Å². The van der Waals surface area contributed by atoms with Crippen LogP contribution in [0.1, 0.15) is 21.6 Å². The molecule has 0 bridgehead atoms. The molecule has 1 heterocycles. The normalized spacial score (nSPS) is 10.4. The highest BCUT2D eigenvalue weighted by molar-refractivity contribution is 6.03. The standard InChI is InChI=1S/C19H18N4O4/c1-13-7-8-14(2)16(11-13)20-19(24)15-9-10-22(21-15)12-27-18-6-4-3-5-17(18)23(25)26/h3-11H,12H2,1-2H3,(H,20,24). The monoisotopic (exact) mass is 366 g/mol. The van der Waals surface area contributed by atoms with Crippen LogP contribution in [0.15, 0.2) is 54.7 Å². The van der Waals surface area contributed by atoms with E-state index in [2.05, 4.69) is 10.4 Å². The van der Waals surface area contributed by atoms with Crippen molar-refractivity contribution in [3.63, 3.8) is 0 Å². The van der Waals surface area contributed by atoms with E-state index >= 15 is 0 Å². The van der Waals surface area contributed by atoms with E-state index in [9.17, 15) is 14.9 Å². The van der Waals surface area contributed by atoms with Gasteiger partial charge in [-0.2, -0.15) is 5.10 Å². The zero-order valence-electron chi connectivity index (χ0n) is 14.9. The largest absolute Gasteiger partial charge is 0.464 e. The van der Waals surface area contributed by atoms with Crippen molar-refractivity contribution in [1.82, 2.24) is 9.78 Å². The molecular weight excluding hydrogens is 348 g/mol. The summed E-state index contributed by atoms with van der Waals surface area (Å²) < 4.78 is 6.86. The topological polar surface area (TPSA) is 99.3 Å². The Morgan fingerprint density at radius 3 is 2.78 bits per heavy atom. The minimum Gasteiger partial charge on any atom is -0.464 e. The second-order valence-electron chi connectivity index (χ2n) is 6.01. The number of nitro benzene ring substituents is 1. The van der Waals surface area contributed by atoms with E-state index in [1.54, 1.807) is 24.4 Å². The molecule has 0 saturated heterocycles. The first kappa shape index (κ1) is 18.1. The van der Waals surface area contributed by atoms with E-state index in [1.165, 1.54) is 16.8 Å². The highest BCUT2D eigenvalue weighted by atomic mass is 16.6. The Hall–Kier alpha value is -3.68. The van der Waals surface area contributed by atoms with Crippen LogP contribution in [0.3, 0.4) is 0 Å². The Morgan fingerprint density at radius 1 is 1.22 bits per heavy atom. The third kappa shape index (κ3) is 4.30. The van der Waals surface area contributed by atoms with Gasteiger partial charge in [-0.25, -0.2) is 4.68 Å². The van der Waals surface area contributed by atoms with Crippen LogP contribution in [0.2, 0.25) is 0 Å². The number of hydrogen-bond acceptors (Lipinski definition) is 5. The summed E-state index contributed by atoms with van der Waals surface area (Å²) in [5, 5.41) is 18.0. The van der Waals surface area contributed by atoms with Gasteiger partial charge in [0, 0.05) is 18.0 Å². The van der Waals surface area contributed by atoms with E-state index in [0.29, 0.717) is 0 Å². The second kappa shape index (κ2) is 7.69. The third-order valence-electron chi connectivity index (χ3n) is 3.93. The third-order valence-corrected chi connectivity index (χ3v) is 3.93. The maximum atomic E-state index is 12.4. The lowest BCUT2D eigenvalue weighted by Crippen LogP contribution is -2.15. The molecule has 2 aromatic carbocycles. The van der Waals surface area contributed by atoms with Gasteiger partial charge in [-0.3, -0.25) is 14.9 Å². The molecule has 1 amide bonds. The van der Waals surface area contributed by atoms with Crippen LogP contribution in [0, 0.1) is 24.0 Å². The predicted molar refractivity (Wildman–Crippen MR) is 99.8 cm³/mol. The Bertz CT molecular complexity index is 997. The van der Waals surface area contributed by atoms with Crippen molar-refractivity contribution < 1.29 is 14.5 Å². The number of aryl methyl sites for hydroxylation is 2. The molecule has 8 nitrogen and oxygen atoms in total. The van der Waals surface area contributed by atoms with E-state index in [0.717, 1.165) is 16.8 Å². The molecule has 27 heavy (non-hydrogen) atoms. The zero-order valence-corrected chi connectivity index (χ0v) is 14.9. The first-order valence-electron chi connectivity index (χ1n) is 8.22. The van der Waals surface area contributed by atoms with E-state index in [1.807, 2.05) is 32.0 Å². The van der Waals surface area contributed by atoms with Gasteiger partial charge in [0.1, 0.15) is 0 Å². The molecule has 0 radical (unpaired) electrons. The number of nitrogens with zero attached hydrogens (tertiary/aromatic N) is 3. The molecule has 0 spiro atoms. The van der Waals surface area contributed by atoms with Crippen LogP contribution in [0.25, 0.3) is 0 Å². The number of benzene rings is 2. The smallest absolute Gasteiger partial charge is 0.311 e. The quantitative estimate of drug-likeness (QED) is 0.530. The number of carbonyl (C=O) groups is 1. The lowest BCUT2D eigenvalue weighted by atomic mass is 10.1. The van der Waals surface area contributed by atoms with Gasteiger partial charge < -0.3 is 10.1 Å². The Balaban J connectivity index is 1.67. The van der Waals surface area contributed by atoms with Crippen LogP contribution in [-0.4, -0.2) is 20.6 Å². The van der Waals surface area contributed by atoms with Gasteiger partial charge in [0.25, 0.3) is 5.91 Å². The summed E-state index contributed by atoms with van der Waals surface area (Å²) in [4.78, 5) is 22.9. The summed E-state index contributed by atoms with van der Waals surface area (Å²) >= 11 is 0. The molecular formula is C19H18N4O4. The van der Waals surface area contributed by atoms with Crippen molar-refractivity contribution in [3.8, 4) is 5.75 Å². The van der Waals surface area contributed by atoms with Gasteiger partial charge in [0.2, 0.25) is 0 Å². The summed E-state index contributed by atoms with van der Waals surface area (Å²) in [5.41, 5.74) is 2.82. The molecule has 0 atom stereocenters. The van der Waals surface area contributed by atoms with Crippen molar-refractivity contribution in [3.05, 3.63) is 81.7 Å². The van der Waals surface area contributed by atoms with Gasteiger partial charge in [-0.1, -0.05) is 24.3 Å². The highest BCUT2D eigenvalue weighted by Gasteiger charge is 2.15. The predicted octanol–water partition coefficient (Wildman–Crippen LogP) is 3.70. The summed E-state index contributed by atoms with van der Waals surface area (Å²) in [6.07, 6.45) is 1.58. The number of anilines is 1.